The van der Waals surface area contributed by atoms with E-state index in [2.05, 4.69) is 5.32 Å². The fourth-order valence-corrected chi connectivity index (χ4v) is 2.80. The van der Waals surface area contributed by atoms with Crippen LogP contribution < -0.4 is 5.32 Å². The van der Waals surface area contributed by atoms with Gasteiger partial charge < -0.3 is 15.3 Å². The summed E-state index contributed by atoms with van der Waals surface area (Å²) in [4.78, 5) is 35.3. The van der Waals surface area contributed by atoms with Gasteiger partial charge in [-0.15, -0.1) is 0 Å². The van der Waals surface area contributed by atoms with Crippen molar-refractivity contribution in [1.82, 2.24) is 4.90 Å². The van der Waals surface area contributed by atoms with Crippen LogP contribution in [0.15, 0.2) is 24.3 Å². The second-order valence-corrected chi connectivity index (χ2v) is 5.80. The number of aliphatic carboxylic acids is 1. The Kier molecular flexibility index (Phi) is 5.15. The van der Waals surface area contributed by atoms with Crippen molar-refractivity contribution in [2.45, 2.75) is 13.3 Å². The molecule has 0 aromatic heterocycles. The highest BCUT2D eigenvalue weighted by Gasteiger charge is 2.31. The molecule has 1 aliphatic rings. The van der Waals surface area contributed by atoms with E-state index < -0.39 is 16.8 Å². The monoisotopic (exact) mass is 321 g/mol. The standard InChI is InChI=1S/C15H19N3O5/c1-10-6-11(15(20)21)9-17(8-10)14(19)7-16-12-4-2-3-5-13(12)18(22)23/h2-5,10-11,16H,6-9H2,1H3,(H,20,21). The molecule has 0 bridgehead atoms. The Balaban J connectivity index is 1.99. The van der Waals surface area contributed by atoms with Gasteiger partial charge in [0.1, 0.15) is 5.69 Å². The summed E-state index contributed by atoms with van der Waals surface area (Å²) in [6.45, 7) is 2.48. The number of nitro groups is 1. The van der Waals surface area contributed by atoms with Crippen LogP contribution in [0, 0.1) is 22.0 Å². The number of anilines is 1. The van der Waals surface area contributed by atoms with E-state index >= 15 is 0 Å². The van der Waals surface area contributed by atoms with Crippen molar-refractivity contribution in [2.24, 2.45) is 11.8 Å². The van der Waals surface area contributed by atoms with E-state index in [1.165, 1.54) is 17.0 Å². The van der Waals surface area contributed by atoms with Crippen molar-refractivity contribution in [2.75, 3.05) is 25.0 Å². The van der Waals surface area contributed by atoms with Crippen LogP contribution >= 0.6 is 0 Å². The van der Waals surface area contributed by atoms with Gasteiger partial charge in [-0.2, -0.15) is 0 Å². The molecule has 8 nitrogen and oxygen atoms in total. The van der Waals surface area contributed by atoms with Gasteiger partial charge in [0.25, 0.3) is 5.69 Å². The summed E-state index contributed by atoms with van der Waals surface area (Å²) in [6, 6.07) is 6.08. The van der Waals surface area contributed by atoms with Crippen LogP contribution in [0.25, 0.3) is 0 Å². The predicted molar refractivity (Wildman–Crippen MR) is 83.1 cm³/mol. The molecule has 8 heteroatoms. The highest BCUT2D eigenvalue weighted by atomic mass is 16.6. The zero-order chi connectivity index (χ0) is 17.0. The van der Waals surface area contributed by atoms with Crippen molar-refractivity contribution in [1.29, 1.82) is 0 Å². The molecule has 1 aromatic rings. The fourth-order valence-electron chi connectivity index (χ4n) is 2.80. The first-order valence-corrected chi connectivity index (χ1v) is 7.36. The molecule has 0 saturated carbocycles. The number of carbonyl (C=O) groups is 2. The number of para-hydroxylation sites is 2. The Morgan fingerprint density at radius 3 is 2.74 bits per heavy atom. The van der Waals surface area contributed by atoms with Gasteiger partial charge >= 0.3 is 5.97 Å². The number of hydrogen-bond acceptors (Lipinski definition) is 5. The fraction of sp³-hybridized carbons (Fsp3) is 0.467. The third-order valence-electron chi connectivity index (χ3n) is 3.89. The number of amides is 1. The number of likely N-dealkylation sites (tertiary alicyclic amines) is 1. The Hall–Kier alpha value is -2.64. The smallest absolute Gasteiger partial charge is 0.308 e. The van der Waals surface area contributed by atoms with Crippen molar-refractivity contribution in [3.8, 4) is 0 Å². The topological polar surface area (TPSA) is 113 Å². The van der Waals surface area contributed by atoms with Crippen molar-refractivity contribution in [3.05, 3.63) is 34.4 Å². The maximum Gasteiger partial charge on any atom is 0.308 e. The van der Waals surface area contributed by atoms with E-state index in [1.807, 2.05) is 6.92 Å². The lowest BCUT2D eigenvalue weighted by Gasteiger charge is -2.34. The first-order valence-electron chi connectivity index (χ1n) is 7.36. The van der Waals surface area contributed by atoms with Gasteiger partial charge in [-0.1, -0.05) is 19.1 Å². The number of carbonyl (C=O) groups excluding carboxylic acids is 1. The highest BCUT2D eigenvalue weighted by Crippen LogP contribution is 2.24. The number of nitrogens with zero attached hydrogens (tertiary/aromatic N) is 2. The van der Waals surface area contributed by atoms with Gasteiger partial charge in [-0.25, -0.2) is 0 Å². The molecule has 1 aliphatic heterocycles. The first-order chi connectivity index (χ1) is 10.9. The molecule has 2 N–H and O–H groups in total. The molecule has 124 valence electrons. The lowest BCUT2D eigenvalue weighted by atomic mass is 9.90. The van der Waals surface area contributed by atoms with Gasteiger partial charge in [0.05, 0.1) is 17.4 Å². The normalized spacial score (nSPS) is 20.8. The van der Waals surface area contributed by atoms with E-state index in [9.17, 15) is 19.7 Å². The van der Waals surface area contributed by atoms with Crippen molar-refractivity contribution >= 4 is 23.3 Å². The minimum absolute atomic E-state index is 0.101. The lowest BCUT2D eigenvalue weighted by Crippen LogP contribution is -2.47. The summed E-state index contributed by atoms with van der Waals surface area (Å²) >= 11 is 0. The molecule has 23 heavy (non-hydrogen) atoms. The van der Waals surface area contributed by atoms with Crippen molar-refractivity contribution < 1.29 is 19.6 Å². The van der Waals surface area contributed by atoms with Crippen LogP contribution in [0.5, 0.6) is 0 Å². The van der Waals surface area contributed by atoms with Gasteiger partial charge in [-0.3, -0.25) is 19.7 Å². The zero-order valence-electron chi connectivity index (χ0n) is 12.8. The Labute approximate surface area is 133 Å². The second kappa shape index (κ2) is 7.08. The van der Waals surface area contributed by atoms with Crippen LogP contribution in [-0.4, -0.2) is 46.4 Å². The quantitative estimate of drug-likeness (QED) is 0.629. The summed E-state index contributed by atoms with van der Waals surface area (Å²) in [5.74, 6) is -1.62. The van der Waals surface area contributed by atoms with Crippen LogP contribution in [0.1, 0.15) is 13.3 Å². The summed E-state index contributed by atoms with van der Waals surface area (Å²) < 4.78 is 0. The summed E-state index contributed by atoms with van der Waals surface area (Å²) in [7, 11) is 0. The number of hydrogen-bond donors (Lipinski definition) is 2. The largest absolute Gasteiger partial charge is 0.481 e. The number of nitro benzene ring substituents is 1. The zero-order valence-corrected chi connectivity index (χ0v) is 12.8. The molecule has 1 saturated heterocycles. The lowest BCUT2D eigenvalue weighted by molar-refractivity contribution is -0.383. The van der Waals surface area contributed by atoms with Gasteiger partial charge in [0, 0.05) is 19.2 Å². The molecule has 2 atom stereocenters. The van der Waals surface area contributed by atoms with E-state index in [1.54, 1.807) is 12.1 Å². The van der Waals surface area contributed by atoms with E-state index in [0.717, 1.165) is 0 Å². The predicted octanol–water partition coefficient (Wildman–Crippen LogP) is 1.58. The molecule has 2 unspecified atom stereocenters. The third kappa shape index (κ3) is 4.18. The van der Waals surface area contributed by atoms with Gasteiger partial charge in [0.2, 0.25) is 5.91 Å². The maximum absolute atomic E-state index is 12.3. The van der Waals surface area contributed by atoms with Crippen LogP contribution in [0.4, 0.5) is 11.4 Å². The molecular formula is C15H19N3O5. The Bertz CT molecular complexity index is 619. The number of rotatable bonds is 5. The number of carboxylic acids is 1. The summed E-state index contributed by atoms with van der Waals surface area (Å²) in [5, 5.41) is 22.8. The summed E-state index contributed by atoms with van der Waals surface area (Å²) in [5.41, 5.74) is 0.168. The van der Waals surface area contributed by atoms with Crippen LogP contribution in [0.3, 0.4) is 0 Å². The minimum Gasteiger partial charge on any atom is -0.481 e. The molecular weight excluding hydrogens is 302 g/mol. The molecule has 0 spiro atoms. The molecule has 1 fully saturated rings. The number of carboxylic acid groups (broad SMARTS) is 1. The maximum atomic E-state index is 12.3. The third-order valence-corrected chi connectivity index (χ3v) is 3.89. The Morgan fingerprint density at radius 2 is 2.09 bits per heavy atom. The second-order valence-electron chi connectivity index (χ2n) is 5.80. The molecule has 1 aromatic carbocycles. The highest BCUT2D eigenvalue weighted by molar-refractivity contribution is 5.82. The molecule has 0 aliphatic carbocycles. The van der Waals surface area contributed by atoms with E-state index in [-0.39, 0.29) is 36.3 Å². The average Bonchev–Trinajstić information content (AvgIpc) is 2.52. The van der Waals surface area contributed by atoms with E-state index in [0.29, 0.717) is 13.0 Å². The SMILES string of the molecule is CC1CC(C(=O)O)CN(C(=O)CNc2ccccc2[N+](=O)[O-])C1. The molecule has 1 amide bonds. The number of piperidine rings is 1. The van der Waals surface area contributed by atoms with Crippen LogP contribution in [0.2, 0.25) is 0 Å². The van der Waals surface area contributed by atoms with Crippen molar-refractivity contribution in [3.63, 3.8) is 0 Å². The Morgan fingerprint density at radius 1 is 1.39 bits per heavy atom. The minimum atomic E-state index is -0.902. The molecule has 1 heterocycles. The van der Waals surface area contributed by atoms with Gasteiger partial charge in [-0.05, 0) is 18.4 Å². The van der Waals surface area contributed by atoms with E-state index in [4.69, 9.17) is 5.11 Å². The molecule has 0 radical (unpaired) electrons. The van der Waals surface area contributed by atoms with Crippen LogP contribution in [-0.2, 0) is 9.59 Å². The molecule has 2 rings (SSSR count). The van der Waals surface area contributed by atoms with Gasteiger partial charge in [0.15, 0.2) is 0 Å². The summed E-state index contributed by atoms with van der Waals surface area (Å²) in [6.07, 6.45) is 0.552. The number of nitrogens with one attached hydrogen (secondary N) is 1. The first kappa shape index (κ1) is 16.7. The average molecular weight is 321 g/mol. The number of benzene rings is 1.